The molecule has 4 nitrogen and oxygen atoms in total. The highest BCUT2D eigenvalue weighted by molar-refractivity contribution is 7.86. The minimum atomic E-state index is -3.57. The van der Waals surface area contributed by atoms with Crippen LogP contribution in [0.2, 0.25) is 0 Å². The quantitative estimate of drug-likeness (QED) is 0.0579. The van der Waals surface area contributed by atoms with Crippen LogP contribution in [0, 0.1) is 17.8 Å². The summed E-state index contributed by atoms with van der Waals surface area (Å²) in [7, 11) is -3.57. The lowest BCUT2D eigenvalue weighted by molar-refractivity contribution is 0.152. The SMILES string of the molecule is CCCCC(CC)CN(CC(CC)CCCC)CC(CC)CCCC.CCCCCCCCCCCCOS(=O)(=O)c1ccccc1. The molecule has 0 fully saturated rings. The largest absolute Gasteiger partial charge is 0.303 e. The van der Waals surface area contributed by atoms with Crippen molar-refractivity contribution < 1.29 is 12.6 Å². The third kappa shape index (κ3) is 25.7. The second-order valence-electron chi connectivity index (χ2n) is 14.2. The number of hydrogen-bond acceptors (Lipinski definition) is 4. The second kappa shape index (κ2) is 32.3. The number of hydrogen-bond donors (Lipinski definition) is 0. The Kier molecular flexibility index (Phi) is 31.7. The van der Waals surface area contributed by atoms with Crippen LogP contribution in [-0.4, -0.2) is 39.6 Å². The molecule has 0 N–H and O–H groups in total. The van der Waals surface area contributed by atoms with Gasteiger partial charge in [0.15, 0.2) is 0 Å². The topological polar surface area (TPSA) is 46.6 Å². The van der Waals surface area contributed by atoms with E-state index in [0.29, 0.717) is 0 Å². The van der Waals surface area contributed by atoms with Gasteiger partial charge in [0.1, 0.15) is 0 Å². The Bertz CT molecular complexity index is 832. The molecule has 0 aliphatic carbocycles. The molecule has 0 saturated carbocycles. The van der Waals surface area contributed by atoms with Crippen LogP contribution < -0.4 is 0 Å². The average molecular weight is 680 g/mol. The van der Waals surface area contributed by atoms with Crippen LogP contribution >= 0.6 is 0 Å². The van der Waals surface area contributed by atoms with Crippen LogP contribution in [0.1, 0.15) is 190 Å². The van der Waals surface area contributed by atoms with Gasteiger partial charge in [-0.05, 0) is 55.6 Å². The standard InChI is InChI=1S/C24H51N.C18H30O3S/c1-7-13-16-22(10-4)19-25(20-23(11-5)17-14-8-2)21-24(12-6)18-15-9-3;1-2-3-4-5-6-7-8-9-10-14-17-21-22(19,20)18-15-12-11-13-16-18/h22-24H,7-21H2,1-6H3;11-13,15-16H,2-10,14,17H2,1H3. The van der Waals surface area contributed by atoms with Gasteiger partial charge in [-0.15, -0.1) is 0 Å². The maximum absolute atomic E-state index is 11.9. The smallest absolute Gasteiger partial charge is 0.296 e. The van der Waals surface area contributed by atoms with Gasteiger partial charge in [-0.25, -0.2) is 0 Å². The van der Waals surface area contributed by atoms with E-state index in [1.54, 1.807) is 30.3 Å². The van der Waals surface area contributed by atoms with Gasteiger partial charge in [0, 0.05) is 19.6 Å². The summed E-state index contributed by atoms with van der Waals surface area (Å²) in [6, 6.07) is 8.33. The molecular weight excluding hydrogens is 599 g/mol. The Morgan fingerprint density at radius 1 is 0.511 bits per heavy atom. The number of benzene rings is 1. The van der Waals surface area contributed by atoms with Gasteiger partial charge in [-0.3, -0.25) is 4.18 Å². The van der Waals surface area contributed by atoms with Gasteiger partial charge in [0.25, 0.3) is 10.1 Å². The van der Waals surface area contributed by atoms with Crippen molar-refractivity contribution in [2.75, 3.05) is 26.2 Å². The maximum atomic E-state index is 11.9. The van der Waals surface area contributed by atoms with Crippen LogP contribution in [0.25, 0.3) is 0 Å². The lowest BCUT2D eigenvalue weighted by atomic mass is 9.93. The molecular formula is C42H81NO3S. The molecule has 0 aliphatic rings. The summed E-state index contributed by atoms with van der Waals surface area (Å²) >= 11 is 0. The normalized spacial score (nSPS) is 13.7. The van der Waals surface area contributed by atoms with Crippen molar-refractivity contribution in [1.82, 2.24) is 4.90 Å². The molecule has 0 saturated heterocycles. The van der Waals surface area contributed by atoms with Gasteiger partial charge >= 0.3 is 0 Å². The van der Waals surface area contributed by atoms with Gasteiger partial charge < -0.3 is 4.90 Å². The summed E-state index contributed by atoms with van der Waals surface area (Å²) in [6.07, 6.45) is 28.9. The summed E-state index contributed by atoms with van der Waals surface area (Å²) in [4.78, 5) is 3.12. The predicted octanol–water partition coefficient (Wildman–Crippen LogP) is 13.3. The van der Waals surface area contributed by atoms with E-state index in [1.807, 2.05) is 0 Å². The first-order chi connectivity index (χ1) is 22.8. The highest BCUT2D eigenvalue weighted by Gasteiger charge is 2.20. The van der Waals surface area contributed by atoms with E-state index in [2.05, 4.69) is 53.4 Å². The lowest BCUT2D eigenvalue weighted by Gasteiger charge is -2.33. The molecule has 3 unspecified atom stereocenters. The van der Waals surface area contributed by atoms with Gasteiger partial charge in [0.05, 0.1) is 11.5 Å². The summed E-state index contributed by atoms with van der Waals surface area (Å²) in [5.41, 5.74) is 0. The van der Waals surface area contributed by atoms with E-state index in [1.165, 1.54) is 148 Å². The fourth-order valence-electron chi connectivity index (χ4n) is 6.48. The van der Waals surface area contributed by atoms with Crippen LogP contribution in [0.4, 0.5) is 0 Å². The Hall–Kier alpha value is -0.910. The molecule has 1 rings (SSSR count). The molecule has 3 atom stereocenters. The molecule has 278 valence electrons. The van der Waals surface area contributed by atoms with Crippen molar-refractivity contribution in [3.8, 4) is 0 Å². The van der Waals surface area contributed by atoms with E-state index < -0.39 is 10.1 Å². The Balaban J connectivity index is 0.000000907. The zero-order chi connectivity index (χ0) is 35.0. The molecule has 0 aliphatic heterocycles. The summed E-state index contributed by atoms with van der Waals surface area (Å²) < 4.78 is 28.8. The van der Waals surface area contributed by atoms with Gasteiger partial charge in [-0.2, -0.15) is 8.42 Å². The Morgan fingerprint density at radius 3 is 1.23 bits per heavy atom. The first kappa shape index (κ1) is 46.1. The van der Waals surface area contributed by atoms with Crippen molar-refractivity contribution in [3.05, 3.63) is 30.3 Å². The van der Waals surface area contributed by atoms with E-state index in [4.69, 9.17) is 4.18 Å². The van der Waals surface area contributed by atoms with Crippen molar-refractivity contribution in [3.63, 3.8) is 0 Å². The molecule has 0 amide bonds. The summed E-state index contributed by atoms with van der Waals surface area (Å²) in [5.74, 6) is 2.73. The van der Waals surface area contributed by atoms with Crippen molar-refractivity contribution in [1.29, 1.82) is 0 Å². The van der Waals surface area contributed by atoms with Crippen LogP contribution in [0.5, 0.6) is 0 Å². The molecule has 5 heteroatoms. The van der Waals surface area contributed by atoms with E-state index in [9.17, 15) is 8.42 Å². The fraction of sp³-hybridized carbons (Fsp3) is 0.857. The molecule has 1 aromatic rings. The zero-order valence-corrected chi connectivity index (χ0v) is 33.4. The first-order valence-electron chi connectivity index (χ1n) is 20.5. The summed E-state index contributed by atoms with van der Waals surface area (Å²) in [6.45, 7) is 20.8. The molecule has 0 spiro atoms. The minimum absolute atomic E-state index is 0.238. The monoisotopic (exact) mass is 680 g/mol. The van der Waals surface area contributed by atoms with E-state index in [0.717, 1.165) is 30.6 Å². The Morgan fingerprint density at radius 2 is 0.872 bits per heavy atom. The molecule has 0 heterocycles. The molecule has 1 aromatic carbocycles. The lowest BCUT2D eigenvalue weighted by Crippen LogP contribution is -2.37. The third-order valence-corrected chi connectivity index (χ3v) is 11.3. The number of unbranched alkanes of at least 4 members (excludes halogenated alkanes) is 12. The predicted molar refractivity (Wildman–Crippen MR) is 208 cm³/mol. The first-order valence-corrected chi connectivity index (χ1v) is 21.9. The van der Waals surface area contributed by atoms with Crippen LogP contribution in [-0.2, 0) is 14.3 Å². The number of rotatable bonds is 31. The average Bonchev–Trinajstić information content (AvgIpc) is 3.09. The van der Waals surface area contributed by atoms with Crippen LogP contribution in [0.3, 0.4) is 0 Å². The van der Waals surface area contributed by atoms with Crippen LogP contribution in [0.15, 0.2) is 35.2 Å². The highest BCUT2D eigenvalue weighted by Crippen LogP contribution is 2.22. The van der Waals surface area contributed by atoms with E-state index >= 15 is 0 Å². The summed E-state index contributed by atoms with van der Waals surface area (Å²) in [5, 5.41) is 0. The van der Waals surface area contributed by atoms with Crippen molar-refractivity contribution >= 4 is 10.1 Å². The van der Waals surface area contributed by atoms with Crippen molar-refractivity contribution in [2.45, 2.75) is 195 Å². The third-order valence-electron chi connectivity index (χ3n) is 9.95. The maximum Gasteiger partial charge on any atom is 0.296 e. The van der Waals surface area contributed by atoms with Gasteiger partial charge in [0.2, 0.25) is 0 Å². The highest BCUT2D eigenvalue weighted by atomic mass is 32.2. The number of nitrogens with zero attached hydrogens (tertiary/aromatic N) is 1. The molecule has 0 radical (unpaired) electrons. The molecule has 0 aromatic heterocycles. The van der Waals surface area contributed by atoms with E-state index in [-0.39, 0.29) is 11.5 Å². The molecule has 47 heavy (non-hydrogen) atoms. The Labute approximate surface area is 295 Å². The fourth-order valence-corrected chi connectivity index (χ4v) is 7.45. The van der Waals surface area contributed by atoms with Gasteiger partial charge in [-0.1, -0.05) is 182 Å². The second-order valence-corrected chi connectivity index (χ2v) is 15.9. The molecule has 0 bridgehead atoms. The van der Waals surface area contributed by atoms with Crippen molar-refractivity contribution in [2.24, 2.45) is 17.8 Å². The zero-order valence-electron chi connectivity index (χ0n) is 32.6. The minimum Gasteiger partial charge on any atom is -0.303 e.